The molecule has 20 atom stereocenters. The first-order valence-electron chi connectivity index (χ1n) is 15.3. The van der Waals surface area contributed by atoms with Crippen LogP contribution in [0, 0.1) is 0 Å². The van der Waals surface area contributed by atoms with E-state index in [4.69, 9.17) is 42.6 Å². The van der Waals surface area contributed by atoms with E-state index in [0.29, 0.717) is 0 Å². The smallest absolute Gasteiger partial charge is 0.726 e. The SMILES string of the molecule is O=S(=O)([O-])O[C@@H]1[C@H](O[C@H]2O[C@@H]3CO[C@@H](C3O[C@@H]3O[C@H](CO)[C@H](OS(=O)(=O)[O-])[C@H](O[C@H]4O[C@@H]5CO[C@@H](C5O)[C@H]4O)[C@H]3O)[C@H]2O)[C@@H](O)[C@H](O)O[C@@H]1CO.[Na+].[Na+]. The van der Waals surface area contributed by atoms with Gasteiger partial charge in [-0.15, -0.1) is 0 Å². The average Bonchev–Trinajstić information content (AvgIpc) is 3.50. The van der Waals surface area contributed by atoms with E-state index in [9.17, 15) is 66.8 Å². The molecule has 6 aliphatic heterocycles. The molecular formula is C24H36Na2O25S2. The summed E-state index contributed by atoms with van der Waals surface area (Å²) < 4.78 is 127. The largest absolute Gasteiger partial charge is 1.00 e. The molecule has 0 spiro atoms. The second-order valence-electron chi connectivity index (χ2n) is 12.3. The van der Waals surface area contributed by atoms with Crippen LogP contribution in [0.4, 0.5) is 0 Å². The van der Waals surface area contributed by atoms with E-state index in [1.165, 1.54) is 0 Å². The molecule has 8 N–H and O–H groups in total. The molecule has 2 unspecified atom stereocenters. The minimum atomic E-state index is -5.54. The van der Waals surface area contributed by atoms with Crippen molar-refractivity contribution in [1.29, 1.82) is 0 Å². The molecule has 53 heavy (non-hydrogen) atoms. The fourth-order valence-corrected chi connectivity index (χ4v) is 7.76. The third kappa shape index (κ3) is 10.1. The van der Waals surface area contributed by atoms with E-state index < -0.39 is 157 Å². The van der Waals surface area contributed by atoms with Gasteiger partial charge in [0.2, 0.25) is 20.8 Å². The maximum absolute atomic E-state index is 11.6. The van der Waals surface area contributed by atoms with Gasteiger partial charge in [0.15, 0.2) is 25.2 Å². The van der Waals surface area contributed by atoms with Crippen molar-refractivity contribution >= 4 is 20.8 Å². The van der Waals surface area contributed by atoms with Gasteiger partial charge in [0.1, 0.15) is 97.7 Å². The molecule has 25 nitrogen and oxygen atoms in total. The predicted octanol–water partition coefficient (Wildman–Crippen LogP) is -14.7. The molecule has 0 amide bonds. The molecule has 6 aliphatic rings. The molecule has 0 aromatic rings. The third-order valence-corrected chi connectivity index (χ3v) is 10.0. The van der Waals surface area contributed by atoms with Crippen molar-refractivity contribution in [2.24, 2.45) is 0 Å². The topological polar surface area (TPSA) is 378 Å². The van der Waals surface area contributed by atoms with E-state index in [1.54, 1.807) is 0 Å². The van der Waals surface area contributed by atoms with Crippen LogP contribution in [0.1, 0.15) is 0 Å². The van der Waals surface area contributed by atoms with Crippen LogP contribution in [0.15, 0.2) is 0 Å². The monoisotopic (exact) mass is 834 g/mol. The van der Waals surface area contributed by atoms with Gasteiger partial charge in [-0.1, -0.05) is 0 Å². The van der Waals surface area contributed by atoms with Crippen LogP contribution in [0.2, 0.25) is 0 Å². The molecule has 0 saturated carbocycles. The Kier molecular flexibility index (Phi) is 16.4. The summed E-state index contributed by atoms with van der Waals surface area (Å²) in [5.74, 6) is 0. The van der Waals surface area contributed by atoms with Crippen LogP contribution in [-0.4, -0.2) is 216 Å². The third-order valence-electron chi connectivity index (χ3n) is 9.10. The van der Waals surface area contributed by atoms with E-state index in [0.717, 1.165) is 0 Å². The molecule has 0 aromatic heterocycles. The fraction of sp³-hybridized carbons (Fsp3) is 1.00. The average molecular weight is 835 g/mol. The van der Waals surface area contributed by atoms with E-state index >= 15 is 0 Å². The number of aliphatic hydroxyl groups is 8. The first kappa shape index (κ1) is 46.7. The number of ether oxygens (including phenoxy) is 9. The van der Waals surface area contributed by atoms with Gasteiger partial charge >= 0.3 is 59.1 Å². The predicted molar refractivity (Wildman–Crippen MR) is 144 cm³/mol. The van der Waals surface area contributed by atoms with Gasteiger partial charge in [-0.2, -0.15) is 0 Å². The van der Waals surface area contributed by atoms with Crippen LogP contribution in [0.3, 0.4) is 0 Å². The van der Waals surface area contributed by atoms with Crippen molar-refractivity contribution in [1.82, 2.24) is 0 Å². The fourth-order valence-electron chi connectivity index (χ4n) is 6.75. The van der Waals surface area contributed by atoms with Crippen LogP contribution in [-0.2, 0) is 71.8 Å². The van der Waals surface area contributed by atoms with Gasteiger partial charge < -0.3 is 92.6 Å². The zero-order valence-electron chi connectivity index (χ0n) is 27.7. The Labute approximate surface area is 344 Å². The second kappa shape index (κ2) is 18.5. The Morgan fingerprint density at radius 3 is 1.51 bits per heavy atom. The molecule has 6 saturated heterocycles. The Balaban J connectivity index is 0.00000314. The van der Waals surface area contributed by atoms with Crippen molar-refractivity contribution in [3.05, 3.63) is 0 Å². The zero-order valence-corrected chi connectivity index (χ0v) is 33.3. The summed E-state index contributed by atoms with van der Waals surface area (Å²) in [6, 6.07) is 0. The normalized spacial score (nSPS) is 48.5. The van der Waals surface area contributed by atoms with Crippen LogP contribution in [0.25, 0.3) is 0 Å². The van der Waals surface area contributed by atoms with E-state index in [-0.39, 0.29) is 72.3 Å². The quantitative estimate of drug-likeness (QED) is 0.0514. The van der Waals surface area contributed by atoms with Crippen LogP contribution < -0.4 is 59.1 Å². The molecule has 0 aromatic carbocycles. The Bertz CT molecular complexity index is 1430. The molecule has 29 heteroatoms. The van der Waals surface area contributed by atoms with Gasteiger partial charge in [0.05, 0.1) is 26.4 Å². The van der Waals surface area contributed by atoms with Crippen LogP contribution >= 0.6 is 0 Å². The molecular weight excluding hydrogens is 798 g/mol. The standard InChI is InChI=1S/C24H38O25S2.2Na/c25-1-5-15(48-50(33,34)35)19(10(28)21(32)41-5)46-23-12(30)18-14(8(44-23)4-40-18)45-24-13(31)20(16(6(2-26)42-24)49-51(36,37)38)47-22-11(29)17-9(27)7(43-22)3-39-17;;/h5-32H,1-4H2,(H,33,34,35)(H,36,37,38);;/q;2*+1/p-2/t5-,6-,7-,8-,9?,10-,11-,12-,13-,14?,15+,16+,17+,18-,19-,20-,21-,22-,23-,24+;;/m1../s1. The first-order chi connectivity index (χ1) is 23.9. The summed E-state index contributed by atoms with van der Waals surface area (Å²) in [7, 11) is -11.0. The summed E-state index contributed by atoms with van der Waals surface area (Å²) >= 11 is 0. The van der Waals surface area contributed by atoms with Crippen LogP contribution in [0.5, 0.6) is 0 Å². The molecule has 0 aliphatic carbocycles. The summed E-state index contributed by atoms with van der Waals surface area (Å²) in [5.41, 5.74) is 0. The second-order valence-corrected chi connectivity index (χ2v) is 14.4. The Morgan fingerprint density at radius 1 is 0.528 bits per heavy atom. The molecule has 4 bridgehead atoms. The summed E-state index contributed by atoms with van der Waals surface area (Å²) in [6.45, 7) is -2.55. The van der Waals surface area contributed by atoms with Gasteiger partial charge in [-0.05, 0) is 0 Å². The number of rotatable bonds is 12. The van der Waals surface area contributed by atoms with E-state index in [2.05, 4.69) is 8.37 Å². The number of fused-ring (bicyclic) bond motifs is 4. The molecule has 0 radical (unpaired) electrons. The Hall–Kier alpha value is 1.06. The van der Waals surface area contributed by atoms with Gasteiger partial charge in [0, 0.05) is 0 Å². The van der Waals surface area contributed by atoms with Crippen molar-refractivity contribution in [3.8, 4) is 0 Å². The summed E-state index contributed by atoms with van der Waals surface area (Å²) in [5, 5.41) is 83.5. The maximum atomic E-state index is 11.6. The van der Waals surface area contributed by atoms with Crippen molar-refractivity contribution in [2.75, 3.05) is 26.4 Å². The van der Waals surface area contributed by atoms with Gasteiger partial charge in [-0.3, -0.25) is 8.37 Å². The van der Waals surface area contributed by atoms with Gasteiger partial charge in [-0.25, -0.2) is 16.8 Å². The van der Waals surface area contributed by atoms with Crippen molar-refractivity contribution in [3.63, 3.8) is 0 Å². The Morgan fingerprint density at radius 2 is 0.962 bits per heavy atom. The summed E-state index contributed by atoms with van der Waals surface area (Å²) in [4.78, 5) is 0. The van der Waals surface area contributed by atoms with Crippen molar-refractivity contribution < 1.29 is 177 Å². The summed E-state index contributed by atoms with van der Waals surface area (Å²) in [6.07, 6.45) is -34.3. The first-order valence-corrected chi connectivity index (χ1v) is 18.0. The molecule has 296 valence electrons. The zero-order chi connectivity index (χ0) is 37.2. The molecule has 6 rings (SSSR count). The molecule has 6 heterocycles. The van der Waals surface area contributed by atoms with Gasteiger partial charge in [0.25, 0.3) is 0 Å². The number of hydrogen-bond donors (Lipinski definition) is 8. The maximum Gasteiger partial charge on any atom is 1.00 e. The minimum absolute atomic E-state index is 0. The number of aliphatic hydroxyl groups excluding tert-OH is 8. The minimum Gasteiger partial charge on any atom is -0.726 e. The molecule has 6 fully saturated rings. The van der Waals surface area contributed by atoms with E-state index in [1.807, 2.05) is 0 Å². The number of hydrogen-bond acceptors (Lipinski definition) is 25. The van der Waals surface area contributed by atoms with Crippen molar-refractivity contribution in [2.45, 2.75) is 123 Å².